The van der Waals surface area contributed by atoms with E-state index < -0.39 is 17.9 Å². The Morgan fingerprint density at radius 1 is 1.45 bits per heavy atom. The first-order chi connectivity index (χ1) is 9.40. The molecule has 0 spiro atoms. The van der Waals surface area contributed by atoms with Crippen LogP contribution < -0.4 is 10.1 Å². The predicted octanol–water partition coefficient (Wildman–Crippen LogP) is 1.63. The summed E-state index contributed by atoms with van der Waals surface area (Å²) in [6.07, 6.45) is 0.653. The van der Waals surface area contributed by atoms with Crippen molar-refractivity contribution >= 4 is 11.9 Å². The van der Waals surface area contributed by atoms with Gasteiger partial charge in [-0.15, -0.1) is 0 Å². The second-order valence-electron chi connectivity index (χ2n) is 4.68. The number of carbonyl (C=O) groups excluding carboxylic acids is 1. The Hall–Kier alpha value is -2.11. The Bertz CT molecular complexity index is 502. The van der Waals surface area contributed by atoms with Gasteiger partial charge in [-0.05, 0) is 25.0 Å². The molecule has 1 rings (SSSR count). The number of hydrogen-bond donors (Lipinski definition) is 2. The molecule has 6 heteroatoms. The van der Waals surface area contributed by atoms with Gasteiger partial charge in [-0.3, -0.25) is 4.79 Å². The summed E-state index contributed by atoms with van der Waals surface area (Å²) in [4.78, 5) is 27.5. The maximum atomic E-state index is 12.2. The highest BCUT2D eigenvalue weighted by molar-refractivity contribution is 5.98. The second kappa shape index (κ2) is 6.88. The Kier molecular flexibility index (Phi) is 5.49. The number of nitrogens with zero attached hydrogens (tertiary/aromatic N) is 1. The second-order valence-corrected chi connectivity index (χ2v) is 4.68. The van der Waals surface area contributed by atoms with Crippen molar-refractivity contribution < 1.29 is 19.4 Å². The van der Waals surface area contributed by atoms with Gasteiger partial charge >= 0.3 is 5.97 Å². The molecule has 0 aliphatic carbocycles. The van der Waals surface area contributed by atoms with Crippen molar-refractivity contribution in [3.05, 3.63) is 23.4 Å². The molecule has 2 N–H and O–H groups in total. The smallest absolute Gasteiger partial charge is 0.326 e. The van der Waals surface area contributed by atoms with E-state index >= 15 is 0 Å². The van der Waals surface area contributed by atoms with E-state index in [0.717, 1.165) is 5.69 Å². The van der Waals surface area contributed by atoms with Gasteiger partial charge in [-0.25, -0.2) is 9.78 Å². The Labute approximate surface area is 118 Å². The molecular weight excluding hydrogens is 260 g/mol. The van der Waals surface area contributed by atoms with Crippen LogP contribution >= 0.6 is 0 Å². The van der Waals surface area contributed by atoms with Crippen LogP contribution in [0.3, 0.4) is 0 Å². The average Bonchev–Trinajstić information content (AvgIpc) is 2.42. The molecule has 0 aromatic carbocycles. The van der Waals surface area contributed by atoms with Crippen LogP contribution in [0.4, 0.5) is 0 Å². The predicted molar refractivity (Wildman–Crippen MR) is 73.9 cm³/mol. The summed E-state index contributed by atoms with van der Waals surface area (Å²) in [5.41, 5.74) is 0.947. The number of pyridine rings is 1. The maximum absolute atomic E-state index is 12.2. The Balaban J connectivity index is 2.97. The molecule has 1 heterocycles. The van der Waals surface area contributed by atoms with Crippen molar-refractivity contribution in [2.75, 3.05) is 7.11 Å². The van der Waals surface area contributed by atoms with Crippen LogP contribution in [0.25, 0.3) is 0 Å². The molecule has 0 fully saturated rings. The minimum atomic E-state index is -1.05. The average molecular weight is 280 g/mol. The van der Waals surface area contributed by atoms with Gasteiger partial charge in [-0.2, -0.15) is 0 Å². The summed E-state index contributed by atoms with van der Waals surface area (Å²) in [5, 5.41) is 11.7. The molecule has 0 aliphatic heterocycles. The van der Waals surface area contributed by atoms with Crippen LogP contribution in [0, 0.1) is 12.8 Å². The molecule has 0 saturated carbocycles. The fraction of sp³-hybridized carbons (Fsp3) is 0.500. The number of rotatable bonds is 6. The molecule has 1 aromatic rings. The van der Waals surface area contributed by atoms with E-state index in [1.807, 2.05) is 6.92 Å². The van der Waals surface area contributed by atoms with Crippen LogP contribution in [-0.4, -0.2) is 35.1 Å². The van der Waals surface area contributed by atoms with Gasteiger partial charge in [0.2, 0.25) is 5.88 Å². The molecule has 0 bridgehead atoms. The van der Waals surface area contributed by atoms with Crippen molar-refractivity contribution in [2.24, 2.45) is 5.92 Å². The summed E-state index contributed by atoms with van der Waals surface area (Å²) in [6.45, 7) is 5.44. The largest absolute Gasteiger partial charge is 0.480 e. The van der Waals surface area contributed by atoms with Crippen LogP contribution in [-0.2, 0) is 4.79 Å². The third-order valence-electron chi connectivity index (χ3n) is 3.20. The van der Waals surface area contributed by atoms with Crippen LogP contribution in [0.2, 0.25) is 0 Å². The van der Waals surface area contributed by atoms with E-state index in [1.165, 1.54) is 7.11 Å². The highest BCUT2D eigenvalue weighted by Crippen LogP contribution is 2.17. The van der Waals surface area contributed by atoms with Gasteiger partial charge in [0.1, 0.15) is 11.6 Å². The number of carboxylic acid groups (broad SMARTS) is 1. The third kappa shape index (κ3) is 3.69. The van der Waals surface area contributed by atoms with Crippen molar-refractivity contribution in [3.63, 3.8) is 0 Å². The van der Waals surface area contributed by atoms with Gasteiger partial charge in [-0.1, -0.05) is 20.3 Å². The number of carbonyl (C=O) groups is 2. The fourth-order valence-corrected chi connectivity index (χ4v) is 1.76. The van der Waals surface area contributed by atoms with E-state index in [9.17, 15) is 14.7 Å². The highest BCUT2D eigenvalue weighted by atomic mass is 16.5. The topological polar surface area (TPSA) is 88.5 Å². The van der Waals surface area contributed by atoms with Gasteiger partial charge < -0.3 is 15.2 Å². The monoisotopic (exact) mass is 280 g/mol. The number of amides is 1. The number of methoxy groups -OCH3 is 1. The number of carboxylic acids is 1. The quantitative estimate of drug-likeness (QED) is 0.826. The number of aryl methyl sites for hydroxylation is 1. The van der Waals surface area contributed by atoms with E-state index in [4.69, 9.17) is 4.74 Å². The highest BCUT2D eigenvalue weighted by Gasteiger charge is 2.27. The fourth-order valence-electron chi connectivity index (χ4n) is 1.76. The SMILES string of the molecule is CCC(C)C(NC(=O)c1ccc(C)nc1OC)C(=O)O. The molecule has 20 heavy (non-hydrogen) atoms. The van der Waals surface area contributed by atoms with Crippen molar-refractivity contribution in [2.45, 2.75) is 33.2 Å². The van der Waals surface area contributed by atoms with E-state index in [1.54, 1.807) is 26.0 Å². The van der Waals surface area contributed by atoms with Gasteiger partial charge in [0.25, 0.3) is 5.91 Å². The molecule has 110 valence electrons. The lowest BCUT2D eigenvalue weighted by atomic mass is 9.99. The normalized spacial score (nSPS) is 13.4. The molecule has 0 radical (unpaired) electrons. The van der Waals surface area contributed by atoms with Gasteiger partial charge in [0.15, 0.2) is 0 Å². The van der Waals surface area contributed by atoms with E-state index in [2.05, 4.69) is 10.3 Å². The number of ether oxygens (including phenoxy) is 1. The maximum Gasteiger partial charge on any atom is 0.326 e. The van der Waals surface area contributed by atoms with Crippen molar-refractivity contribution in [1.82, 2.24) is 10.3 Å². The van der Waals surface area contributed by atoms with Crippen LogP contribution in [0.1, 0.15) is 36.3 Å². The minimum absolute atomic E-state index is 0.166. The molecule has 0 saturated heterocycles. The molecule has 1 aromatic heterocycles. The van der Waals surface area contributed by atoms with Gasteiger partial charge in [0.05, 0.1) is 7.11 Å². The van der Waals surface area contributed by atoms with Crippen LogP contribution in [0.15, 0.2) is 12.1 Å². The zero-order valence-corrected chi connectivity index (χ0v) is 12.1. The van der Waals surface area contributed by atoms with Crippen LogP contribution in [0.5, 0.6) is 5.88 Å². The summed E-state index contributed by atoms with van der Waals surface area (Å²) >= 11 is 0. The molecular formula is C14H20N2O4. The molecule has 1 amide bonds. The molecule has 0 aliphatic rings. The summed E-state index contributed by atoms with van der Waals surface area (Å²) in [6, 6.07) is 2.32. The first-order valence-electron chi connectivity index (χ1n) is 6.46. The number of hydrogen-bond acceptors (Lipinski definition) is 4. The summed E-state index contributed by atoms with van der Waals surface area (Å²) in [7, 11) is 1.42. The van der Waals surface area contributed by atoms with E-state index in [-0.39, 0.29) is 17.4 Å². The van der Waals surface area contributed by atoms with Crippen molar-refractivity contribution in [1.29, 1.82) is 0 Å². The first kappa shape index (κ1) is 15.9. The Morgan fingerprint density at radius 2 is 2.10 bits per heavy atom. The zero-order valence-electron chi connectivity index (χ0n) is 12.1. The summed E-state index contributed by atoms with van der Waals surface area (Å²) in [5.74, 6) is -1.52. The molecule has 2 atom stereocenters. The lowest BCUT2D eigenvalue weighted by Gasteiger charge is -2.20. The molecule has 6 nitrogen and oxygen atoms in total. The number of aliphatic carboxylic acids is 1. The van der Waals surface area contributed by atoms with Gasteiger partial charge in [0, 0.05) is 5.69 Å². The lowest BCUT2D eigenvalue weighted by Crippen LogP contribution is -2.45. The van der Waals surface area contributed by atoms with Crippen molar-refractivity contribution in [3.8, 4) is 5.88 Å². The minimum Gasteiger partial charge on any atom is -0.480 e. The summed E-state index contributed by atoms with van der Waals surface area (Å²) < 4.78 is 5.06. The lowest BCUT2D eigenvalue weighted by molar-refractivity contribution is -0.140. The third-order valence-corrected chi connectivity index (χ3v) is 3.20. The molecule has 2 unspecified atom stereocenters. The zero-order chi connectivity index (χ0) is 15.3. The first-order valence-corrected chi connectivity index (χ1v) is 6.46. The standard InChI is InChI=1S/C14H20N2O4/c1-5-8(2)11(14(18)19)16-12(17)10-7-6-9(3)15-13(10)20-4/h6-8,11H,5H2,1-4H3,(H,16,17)(H,18,19). The number of aromatic nitrogens is 1. The number of nitrogens with one attached hydrogen (secondary N) is 1. The van der Waals surface area contributed by atoms with E-state index in [0.29, 0.717) is 6.42 Å². The Morgan fingerprint density at radius 3 is 2.60 bits per heavy atom.